The molecule has 3 N–H and O–H groups in total. The zero-order chi connectivity index (χ0) is 18.0. The molecule has 25 heavy (non-hydrogen) atoms. The molecule has 0 bridgehead atoms. The molecule has 0 radical (unpaired) electrons. The van der Waals surface area contributed by atoms with Gasteiger partial charge in [0.1, 0.15) is 0 Å². The molecule has 0 saturated carbocycles. The van der Waals surface area contributed by atoms with E-state index in [0.29, 0.717) is 30.3 Å². The number of hydrogen-bond donors (Lipinski definition) is 2. The number of benzene rings is 2. The Kier molecular flexibility index (Phi) is 4.54. The lowest BCUT2D eigenvalue weighted by Gasteiger charge is -2.15. The summed E-state index contributed by atoms with van der Waals surface area (Å²) in [7, 11) is -3.93. The van der Waals surface area contributed by atoms with E-state index in [1.807, 2.05) is 0 Å². The van der Waals surface area contributed by atoms with Crippen molar-refractivity contribution in [2.45, 2.75) is 18.2 Å². The molecule has 7 nitrogen and oxygen atoms in total. The van der Waals surface area contributed by atoms with Crippen molar-refractivity contribution in [3.8, 4) is 11.5 Å². The topological polar surface area (TPSA) is 108 Å². The summed E-state index contributed by atoms with van der Waals surface area (Å²) in [6, 6.07) is 9.20. The smallest absolute Gasteiger partial charge is 0.262 e. The third-order valence-corrected chi connectivity index (χ3v) is 5.15. The largest absolute Gasteiger partial charge is 0.490 e. The number of carbonyl (C=O) groups excluding carboxylic acids is 1. The van der Waals surface area contributed by atoms with Gasteiger partial charge in [-0.2, -0.15) is 0 Å². The molecule has 1 heterocycles. The maximum Gasteiger partial charge on any atom is 0.262 e. The summed E-state index contributed by atoms with van der Waals surface area (Å²) in [6.07, 6.45) is 0.722. The number of ether oxygens (including phenoxy) is 2. The van der Waals surface area contributed by atoms with Crippen LogP contribution >= 0.6 is 0 Å². The highest BCUT2D eigenvalue weighted by molar-refractivity contribution is 7.92. The van der Waals surface area contributed by atoms with Crippen molar-refractivity contribution < 1.29 is 22.7 Å². The average Bonchev–Trinajstić information content (AvgIpc) is 2.81. The molecule has 1 amide bonds. The Labute approximate surface area is 145 Å². The number of carbonyl (C=O) groups is 1. The lowest BCUT2D eigenvalue weighted by atomic mass is 10.1. The van der Waals surface area contributed by atoms with Gasteiger partial charge in [0, 0.05) is 12.5 Å². The Bertz CT molecular complexity index is 925. The first-order valence-electron chi connectivity index (χ1n) is 7.70. The summed E-state index contributed by atoms with van der Waals surface area (Å²) >= 11 is 0. The number of para-hydroxylation sites is 1. The van der Waals surface area contributed by atoms with E-state index in [0.717, 1.165) is 6.42 Å². The summed E-state index contributed by atoms with van der Waals surface area (Å²) in [6.45, 7) is 2.66. The van der Waals surface area contributed by atoms with Crippen molar-refractivity contribution >= 4 is 21.6 Å². The van der Waals surface area contributed by atoms with Crippen LogP contribution in [0.4, 0.5) is 5.69 Å². The lowest BCUT2D eigenvalue weighted by molar-refractivity contribution is 0.100. The molecule has 0 aliphatic carbocycles. The zero-order valence-corrected chi connectivity index (χ0v) is 14.4. The van der Waals surface area contributed by atoms with Gasteiger partial charge in [0.15, 0.2) is 11.5 Å². The summed E-state index contributed by atoms with van der Waals surface area (Å²) < 4.78 is 39.0. The van der Waals surface area contributed by atoms with E-state index in [4.69, 9.17) is 15.2 Å². The predicted molar refractivity (Wildman–Crippen MR) is 92.6 cm³/mol. The SMILES string of the molecule is Cc1cccc(C(N)=O)c1NS(=O)(=O)c1ccc2c(c1)OCCCO2. The molecule has 132 valence electrons. The number of nitrogens with one attached hydrogen (secondary N) is 1. The molecular weight excluding hydrogens is 344 g/mol. The lowest BCUT2D eigenvalue weighted by Crippen LogP contribution is -2.19. The van der Waals surface area contributed by atoms with E-state index in [-0.39, 0.29) is 16.1 Å². The molecule has 2 aromatic carbocycles. The standard InChI is InChI=1S/C17H18N2O5S/c1-11-4-2-5-13(17(18)20)16(11)19-25(21,22)12-6-7-14-15(10-12)24-9-3-8-23-14/h2,4-7,10,19H,3,8-9H2,1H3,(H2,18,20). The van der Waals surface area contributed by atoms with Crippen LogP contribution in [0.3, 0.4) is 0 Å². The fourth-order valence-corrected chi connectivity index (χ4v) is 3.68. The molecule has 1 aliphatic heterocycles. The van der Waals surface area contributed by atoms with Crippen molar-refractivity contribution in [3.05, 3.63) is 47.5 Å². The van der Waals surface area contributed by atoms with Gasteiger partial charge in [-0.1, -0.05) is 12.1 Å². The minimum absolute atomic E-state index is 0.00965. The van der Waals surface area contributed by atoms with Crippen LogP contribution in [0.15, 0.2) is 41.3 Å². The fourth-order valence-electron chi connectivity index (χ4n) is 2.51. The van der Waals surface area contributed by atoms with Crippen molar-refractivity contribution in [2.75, 3.05) is 17.9 Å². The molecule has 0 saturated heterocycles. The first-order valence-corrected chi connectivity index (χ1v) is 9.19. The summed E-state index contributed by atoms with van der Waals surface area (Å²) in [5.41, 5.74) is 6.21. The van der Waals surface area contributed by atoms with Crippen LogP contribution < -0.4 is 19.9 Å². The van der Waals surface area contributed by atoms with Gasteiger partial charge >= 0.3 is 0 Å². The minimum Gasteiger partial charge on any atom is -0.490 e. The Morgan fingerprint density at radius 2 is 1.84 bits per heavy atom. The third kappa shape index (κ3) is 3.53. The maximum absolute atomic E-state index is 12.7. The monoisotopic (exact) mass is 362 g/mol. The van der Waals surface area contributed by atoms with E-state index in [9.17, 15) is 13.2 Å². The Morgan fingerprint density at radius 3 is 2.56 bits per heavy atom. The van der Waals surface area contributed by atoms with Gasteiger partial charge in [-0.3, -0.25) is 9.52 Å². The molecule has 1 aliphatic rings. The van der Waals surface area contributed by atoms with Crippen molar-refractivity contribution in [2.24, 2.45) is 5.73 Å². The van der Waals surface area contributed by atoms with E-state index in [2.05, 4.69) is 4.72 Å². The summed E-state index contributed by atoms with van der Waals surface area (Å²) in [4.78, 5) is 11.6. The molecular formula is C17H18N2O5S. The van der Waals surface area contributed by atoms with Crippen molar-refractivity contribution in [1.29, 1.82) is 0 Å². The van der Waals surface area contributed by atoms with Crippen molar-refractivity contribution in [1.82, 2.24) is 0 Å². The van der Waals surface area contributed by atoms with Crippen LogP contribution in [0.5, 0.6) is 11.5 Å². The second kappa shape index (κ2) is 6.64. The molecule has 8 heteroatoms. The van der Waals surface area contributed by atoms with Crippen LogP contribution in [-0.4, -0.2) is 27.5 Å². The van der Waals surface area contributed by atoms with Crippen LogP contribution in [0.1, 0.15) is 22.3 Å². The number of nitrogens with two attached hydrogens (primary N) is 1. The number of fused-ring (bicyclic) bond motifs is 1. The minimum atomic E-state index is -3.93. The zero-order valence-electron chi connectivity index (χ0n) is 13.6. The van der Waals surface area contributed by atoms with E-state index in [1.165, 1.54) is 18.2 Å². The average molecular weight is 362 g/mol. The number of anilines is 1. The highest BCUT2D eigenvalue weighted by atomic mass is 32.2. The maximum atomic E-state index is 12.7. The number of rotatable bonds is 4. The number of primary amides is 1. The number of hydrogen-bond acceptors (Lipinski definition) is 5. The summed E-state index contributed by atoms with van der Waals surface area (Å²) in [5.74, 6) is 0.172. The van der Waals surface area contributed by atoms with Gasteiger partial charge in [-0.05, 0) is 30.7 Å². The number of aryl methyl sites for hydroxylation is 1. The summed E-state index contributed by atoms with van der Waals surface area (Å²) in [5, 5.41) is 0. The molecule has 0 aromatic heterocycles. The molecule has 0 fully saturated rings. The first kappa shape index (κ1) is 17.1. The predicted octanol–water partition coefficient (Wildman–Crippen LogP) is 2.06. The molecule has 2 aromatic rings. The fraction of sp³-hybridized carbons (Fsp3) is 0.235. The van der Waals surface area contributed by atoms with Crippen molar-refractivity contribution in [3.63, 3.8) is 0 Å². The number of sulfonamides is 1. The van der Waals surface area contributed by atoms with Crippen LogP contribution in [-0.2, 0) is 10.0 Å². The normalized spacial score (nSPS) is 13.8. The van der Waals surface area contributed by atoms with Gasteiger partial charge in [0.05, 0.1) is 29.4 Å². The third-order valence-electron chi connectivity index (χ3n) is 3.80. The van der Waals surface area contributed by atoms with E-state index < -0.39 is 15.9 Å². The van der Waals surface area contributed by atoms with E-state index >= 15 is 0 Å². The van der Waals surface area contributed by atoms with Crippen LogP contribution in [0.25, 0.3) is 0 Å². The van der Waals surface area contributed by atoms with Crippen LogP contribution in [0.2, 0.25) is 0 Å². The molecule has 0 unspecified atom stereocenters. The van der Waals surface area contributed by atoms with Crippen LogP contribution in [0, 0.1) is 6.92 Å². The highest BCUT2D eigenvalue weighted by Gasteiger charge is 2.22. The van der Waals surface area contributed by atoms with Gasteiger partial charge in [0.25, 0.3) is 15.9 Å². The van der Waals surface area contributed by atoms with Gasteiger partial charge in [0.2, 0.25) is 0 Å². The Balaban J connectivity index is 1.99. The molecule has 3 rings (SSSR count). The second-order valence-electron chi connectivity index (χ2n) is 5.63. The quantitative estimate of drug-likeness (QED) is 0.865. The van der Waals surface area contributed by atoms with Gasteiger partial charge in [-0.15, -0.1) is 0 Å². The number of amides is 1. The Morgan fingerprint density at radius 1 is 1.12 bits per heavy atom. The second-order valence-corrected chi connectivity index (χ2v) is 7.31. The first-order chi connectivity index (χ1) is 11.9. The Hall–Kier alpha value is -2.74. The molecule has 0 atom stereocenters. The molecule has 0 spiro atoms. The highest BCUT2D eigenvalue weighted by Crippen LogP contribution is 2.33. The van der Waals surface area contributed by atoms with E-state index in [1.54, 1.807) is 25.1 Å². The van der Waals surface area contributed by atoms with Gasteiger partial charge < -0.3 is 15.2 Å². The van der Waals surface area contributed by atoms with Gasteiger partial charge in [-0.25, -0.2) is 8.42 Å².